The Balaban J connectivity index is 2.09. The highest BCUT2D eigenvalue weighted by Crippen LogP contribution is 2.44. The first-order valence-electron chi connectivity index (χ1n) is 10.7. The van der Waals surface area contributed by atoms with Crippen LogP contribution in [0.5, 0.6) is 23.0 Å². The smallest absolute Gasteiger partial charge is 0.303 e. The van der Waals surface area contributed by atoms with Crippen molar-refractivity contribution >= 4 is 11.9 Å². The van der Waals surface area contributed by atoms with Crippen LogP contribution in [0.3, 0.4) is 0 Å². The fourth-order valence-corrected chi connectivity index (χ4v) is 4.22. The first-order chi connectivity index (χ1) is 16.3. The van der Waals surface area contributed by atoms with Crippen molar-refractivity contribution in [1.29, 1.82) is 0 Å². The normalized spacial score (nSPS) is 20.2. The van der Waals surface area contributed by atoms with Crippen LogP contribution in [-0.4, -0.2) is 59.2 Å². The second-order valence-electron chi connectivity index (χ2n) is 7.73. The summed E-state index contributed by atoms with van der Waals surface area (Å²) in [4.78, 5) is 23.9. The van der Waals surface area contributed by atoms with Gasteiger partial charge in [-0.1, -0.05) is 12.1 Å². The van der Waals surface area contributed by atoms with Gasteiger partial charge < -0.3 is 33.2 Å². The average Bonchev–Trinajstić information content (AvgIpc) is 3.23. The summed E-state index contributed by atoms with van der Waals surface area (Å²) in [7, 11) is 6.16. The molecular weight excluding hydrogens is 444 g/mol. The number of benzene rings is 2. The maximum atomic E-state index is 12.1. The highest BCUT2D eigenvalue weighted by molar-refractivity contribution is 5.67. The number of carbonyl (C=O) groups excluding carboxylic acids is 2. The van der Waals surface area contributed by atoms with Crippen molar-refractivity contribution in [3.05, 3.63) is 47.5 Å². The van der Waals surface area contributed by atoms with Gasteiger partial charge >= 0.3 is 11.9 Å². The standard InChI is InChI=1S/C25H30O9/c1-14(26)33-22-13-32-25(23(22)16-7-9-18(28-3)20(11-16)30-5)24(34-15(2)27)17-8-10-19(29-4)21(12-17)31-6/h7-12,22-25H,13H2,1-6H3/t22-,23+,24+,25?/m1/s1. The number of rotatable bonds is 9. The van der Waals surface area contributed by atoms with Gasteiger partial charge in [-0.25, -0.2) is 0 Å². The van der Waals surface area contributed by atoms with Gasteiger partial charge in [0.25, 0.3) is 0 Å². The molecule has 1 aliphatic rings. The Morgan fingerprint density at radius 3 is 1.97 bits per heavy atom. The van der Waals surface area contributed by atoms with E-state index in [1.807, 2.05) is 6.07 Å². The summed E-state index contributed by atoms with van der Waals surface area (Å²) in [6.45, 7) is 2.81. The van der Waals surface area contributed by atoms with E-state index in [4.69, 9.17) is 33.2 Å². The Labute approximate surface area is 198 Å². The monoisotopic (exact) mass is 474 g/mol. The summed E-state index contributed by atoms with van der Waals surface area (Å²) in [5.41, 5.74) is 1.43. The van der Waals surface area contributed by atoms with Gasteiger partial charge in [0, 0.05) is 13.8 Å². The van der Waals surface area contributed by atoms with E-state index in [1.165, 1.54) is 28.1 Å². The molecule has 1 unspecified atom stereocenters. The Morgan fingerprint density at radius 1 is 0.824 bits per heavy atom. The van der Waals surface area contributed by atoms with Gasteiger partial charge in [-0.05, 0) is 35.4 Å². The largest absolute Gasteiger partial charge is 0.493 e. The molecule has 1 fully saturated rings. The van der Waals surface area contributed by atoms with Crippen molar-refractivity contribution in [2.24, 2.45) is 0 Å². The molecule has 0 amide bonds. The first kappa shape index (κ1) is 25.2. The fraction of sp³-hybridized carbons (Fsp3) is 0.440. The second kappa shape index (κ2) is 11.1. The van der Waals surface area contributed by atoms with E-state index >= 15 is 0 Å². The van der Waals surface area contributed by atoms with E-state index in [1.54, 1.807) is 44.6 Å². The van der Waals surface area contributed by atoms with E-state index in [-0.39, 0.29) is 6.61 Å². The molecule has 4 atom stereocenters. The van der Waals surface area contributed by atoms with Crippen LogP contribution in [0.1, 0.15) is 37.0 Å². The van der Waals surface area contributed by atoms with Gasteiger partial charge in [0.2, 0.25) is 0 Å². The zero-order chi connectivity index (χ0) is 24.8. The lowest BCUT2D eigenvalue weighted by atomic mass is 9.85. The average molecular weight is 475 g/mol. The van der Waals surface area contributed by atoms with Crippen LogP contribution in [0.2, 0.25) is 0 Å². The maximum Gasteiger partial charge on any atom is 0.303 e. The Kier molecular flexibility index (Phi) is 8.22. The van der Waals surface area contributed by atoms with Crippen LogP contribution in [0.25, 0.3) is 0 Å². The summed E-state index contributed by atoms with van der Waals surface area (Å²) in [5.74, 6) is 0.717. The summed E-state index contributed by atoms with van der Waals surface area (Å²) in [6.07, 6.45) is -2.07. The van der Waals surface area contributed by atoms with E-state index in [0.717, 1.165) is 5.56 Å². The minimum absolute atomic E-state index is 0.133. The van der Waals surface area contributed by atoms with Gasteiger partial charge in [-0.2, -0.15) is 0 Å². The molecule has 3 rings (SSSR count). The minimum Gasteiger partial charge on any atom is -0.493 e. The molecule has 0 radical (unpaired) electrons. The molecule has 184 valence electrons. The van der Waals surface area contributed by atoms with Crippen molar-refractivity contribution in [1.82, 2.24) is 0 Å². The third-order valence-corrected chi connectivity index (χ3v) is 5.64. The Morgan fingerprint density at radius 2 is 1.41 bits per heavy atom. The number of hydrogen-bond acceptors (Lipinski definition) is 9. The summed E-state index contributed by atoms with van der Waals surface area (Å²) in [6, 6.07) is 10.7. The molecule has 0 bridgehead atoms. The van der Waals surface area contributed by atoms with Crippen LogP contribution in [0.4, 0.5) is 0 Å². The van der Waals surface area contributed by atoms with Gasteiger partial charge in [-0.15, -0.1) is 0 Å². The van der Waals surface area contributed by atoms with Crippen LogP contribution < -0.4 is 18.9 Å². The molecular formula is C25H30O9. The topological polar surface area (TPSA) is 98.8 Å². The van der Waals surface area contributed by atoms with E-state index in [2.05, 4.69) is 0 Å². The molecule has 2 aromatic carbocycles. The summed E-state index contributed by atoms with van der Waals surface area (Å²) in [5, 5.41) is 0. The fourth-order valence-electron chi connectivity index (χ4n) is 4.22. The molecule has 0 aromatic heterocycles. The minimum atomic E-state index is -0.809. The molecule has 1 heterocycles. The van der Waals surface area contributed by atoms with E-state index < -0.39 is 36.2 Å². The zero-order valence-corrected chi connectivity index (χ0v) is 20.2. The summed E-state index contributed by atoms with van der Waals surface area (Å²) >= 11 is 0. The molecule has 0 aliphatic carbocycles. The van der Waals surface area contributed by atoms with Crippen molar-refractivity contribution in [2.45, 2.75) is 38.1 Å². The van der Waals surface area contributed by atoms with E-state index in [0.29, 0.717) is 28.6 Å². The lowest BCUT2D eigenvalue weighted by Gasteiger charge is -2.30. The van der Waals surface area contributed by atoms with Gasteiger partial charge in [0.1, 0.15) is 12.2 Å². The molecule has 0 spiro atoms. The Hall–Kier alpha value is -3.46. The van der Waals surface area contributed by atoms with Gasteiger partial charge in [0.05, 0.1) is 41.0 Å². The zero-order valence-electron chi connectivity index (χ0n) is 20.2. The van der Waals surface area contributed by atoms with Crippen molar-refractivity contribution in [3.8, 4) is 23.0 Å². The number of hydrogen-bond donors (Lipinski definition) is 0. The lowest BCUT2D eigenvalue weighted by Crippen LogP contribution is -2.32. The van der Waals surface area contributed by atoms with Crippen LogP contribution in [-0.2, 0) is 23.8 Å². The first-order valence-corrected chi connectivity index (χ1v) is 10.7. The molecule has 0 saturated carbocycles. The molecule has 34 heavy (non-hydrogen) atoms. The number of ether oxygens (including phenoxy) is 7. The molecule has 0 N–H and O–H groups in total. The number of carbonyl (C=O) groups is 2. The SMILES string of the molecule is COc1ccc([C@@H]2C([C@@H](OC(C)=O)c3ccc(OC)c(OC)c3)OC[C@H]2OC(C)=O)cc1OC. The maximum absolute atomic E-state index is 12.1. The Bertz CT molecular complexity index is 1020. The highest BCUT2D eigenvalue weighted by Gasteiger charge is 2.46. The van der Waals surface area contributed by atoms with Crippen molar-refractivity contribution < 1.29 is 42.7 Å². The van der Waals surface area contributed by atoms with Crippen molar-refractivity contribution in [2.75, 3.05) is 35.0 Å². The highest BCUT2D eigenvalue weighted by atomic mass is 16.6. The predicted molar refractivity (Wildman–Crippen MR) is 122 cm³/mol. The third-order valence-electron chi connectivity index (χ3n) is 5.64. The van der Waals surface area contributed by atoms with Gasteiger partial charge in [0.15, 0.2) is 29.1 Å². The molecule has 2 aromatic rings. The number of esters is 2. The summed E-state index contributed by atoms with van der Waals surface area (Å²) < 4.78 is 39.0. The van der Waals surface area contributed by atoms with Crippen LogP contribution in [0.15, 0.2) is 36.4 Å². The molecule has 9 nitrogen and oxygen atoms in total. The van der Waals surface area contributed by atoms with Gasteiger partial charge in [-0.3, -0.25) is 9.59 Å². The number of methoxy groups -OCH3 is 4. The second-order valence-corrected chi connectivity index (χ2v) is 7.73. The quantitative estimate of drug-likeness (QED) is 0.506. The van der Waals surface area contributed by atoms with Crippen LogP contribution >= 0.6 is 0 Å². The van der Waals surface area contributed by atoms with Crippen LogP contribution in [0, 0.1) is 0 Å². The molecule has 9 heteroatoms. The van der Waals surface area contributed by atoms with Crippen molar-refractivity contribution in [3.63, 3.8) is 0 Å². The lowest BCUT2D eigenvalue weighted by molar-refractivity contribution is -0.154. The molecule has 1 aliphatic heterocycles. The predicted octanol–water partition coefficient (Wildman–Crippen LogP) is 3.44. The molecule has 1 saturated heterocycles. The third kappa shape index (κ3) is 5.36. The van der Waals surface area contributed by atoms with E-state index in [9.17, 15) is 9.59 Å².